The summed E-state index contributed by atoms with van der Waals surface area (Å²) in [6.45, 7) is 3.31. The van der Waals surface area contributed by atoms with Gasteiger partial charge in [0, 0.05) is 39.4 Å². The van der Waals surface area contributed by atoms with Crippen LogP contribution >= 0.6 is 0 Å². The number of hydrogen-bond donors (Lipinski definition) is 2. The van der Waals surface area contributed by atoms with E-state index in [9.17, 15) is 0 Å². The van der Waals surface area contributed by atoms with Crippen molar-refractivity contribution in [2.45, 2.75) is 12.8 Å². The lowest BCUT2D eigenvalue weighted by atomic mass is 10.00. The first kappa shape index (κ1) is 14.0. The number of rotatable bonds is 6. The van der Waals surface area contributed by atoms with Crippen molar-refractivity contribution in [1.82, 2.24) is 9.97 Å². The zero-order valence-corrected chi connectivity index (χ0v) is 11.4. The molecule has 0 saturated carbocycles. The summed E-state index contributed by atoms with van der Waals surface area (Å²) in [6.07, 6.45) is 3.78. The van der Waals surface area contributed by atoms with Crippen LogP contribution in [0.1, 0.15) is 12.8 Å². The minimum atomic E-state index is 0.0945. The van der Waals surface area contributed by atoms with Gasteiger partial charge in [-0.25, -0.2) is 9.97 Å². The highest BCUT2D eigenvalue weighted by molar-refractivity contribution is 5.47. The van der Waals surface area contributed by atoms with Gasteiger partial charge in [-0.2, -0.15) is 0 Å². The molecule has 0 atom stereocenters. The lowest BCUT2D eigenvalue weighted by Gasteiger charge is -2.27. The van der Waals surface area contributed by atoms with E-state index in [0.717, 1.165) is 44.2 Å². The molecule has 1 aliphatic heterocycles. The zero-order chi connectivity index (χ0) is 13.5. The van der Waals surface area contributed by atoms with Gasteiger partial charge in [-0.15, -0.1) is 0 Å². The molecule has 6 heteroatoms. The molecule has 2 N–H and O–H groups in total. The molecule has 1 fully saturated rings. The van der Waals surface area contributed by atoms with E-state index in [-0.39, 0.29) is 6.61 Å². The fourth-order valence-corrected chi connectivity index (χ4v) is 2.25. The van der Waals surface area contributed by atoms with Gasteiger partial charge in [0.1, 0.15) is 18.0 Å². The molecule has 19 heavy (non-hydrogen) atoms. The first-order valence-electron chi connectivity index (χ1n) is 6.75. The van der Waals surface area contributed by atoms with E-state index in [4.69, 9.17) is 9.84 Å². The molecule has 1 aromatic rings. The van der Waals surface area contributed by atoms with E-state index in [1.807, 2.05) is 13.1 Å². The first-order valence-corrected chi connectivity index (χ1v) is 6.75. The van der Waals surface area contributed by atoms with Crippen molar-refractivity contribution in [2.75, 3.05) is 50.2 Å². The van der Waals surface area contributed by atoms with Crippen LogP contribution in [0.3, 0.4) is 0 Å². The fraction of sp³-hybridized carbons (Fsp3) is 0.692. The summed E-state index contributed by atoms with van der Waals surface area (Å²) in [6, 6.07) is 1.91. The number of aromatic nitrogens is 2. The van der Waals surface area contributed by atoms with Gasteiger partial charge in [0.15, 0.2) is 0 Å². The number of ether oxygens (including phenoxy) is 1. The number of hydrogen-bond acceptors (Lipinski definition) is 6. The number of aliphatic hydroxyl groups excluding tert-OH is 1. The molecule has 0 radical (unpaired) electrons. The Kier molecular flexibility index (Phi) is 5.35. The van der Waals surface area contributed by atoms with Crippen LogP contribution in [0.5, 0.6) is 0 Å². The second-order valence-corrected chi connectivity index (χ2v) is 4.85. The third-order valence-electron chi connectivity index (χ3n) is 3.33. The van der Waals surface area contributed by atoms with E-state index in [1.165, 1.54) is 0 Å². The number of anilines is 2. The largest absolute Gasteiger partial charge is 0.395 e. The van der Waals surface area contributed by atoms with Crippen LogP contribution in [-0.2, 0) is 4.74 Å². The maximum atomic E-state index is 8.79. The van der Waals surface area contributed by atoms with Crippen LogP contribution in [0.25, 0.3) is 0 Å². The third kappa shape index (κ3) is 4.33. The molecule has 1 saturated heterocycles. The Morgan fingerprint density at radius 1 is 1.42 bits per heavy atom. The summed E-state index contributed by atoms with van der Waals surface area (Å²) in [5.41, 5.74) is 0. The summed E-state index contributed by atoms with van der Waals surface area (Å²) in [5, 5.41) is 11.8. The maximum absolute atomic E-state index is 8.79. The molecule has 0 aromatic carbocycles. The zero-order valence-electron chi connectivity index (χ0n) is 11.4. The second kappa shape index (κ2) is 7.25. The molecular weight excluding hydrogens is 244 g/mol. The molecule has 2 rings (SSSR count). The van der Waals surface area contributed by atoms with Gasteiger partial charge >= 0.3 is 0 Å². The van der Waals surface area contributed by atoms with E-state index in [1.54, 1.807) is 6.33 Å². The summed E-state index contributed by atoms with van der Waals surface area (Å²) in [7, 11) is 2.05. The van der Waals surface area contributed by atoms with Crippen LogP contribution in [0.2, 0.25) is 0 Å². The molecule has 0 amide bonds. The summed E-state index contributed by atoms with van der Waals surface area (Å²) < 4.78 is 5.37. The van der Waals surface area contributed by atoms with Gasteiger partial charge in [-0.3, -0.25) is 0 Å². The SMILES string of the molecule is CN(CC1CCOCC1)c1cc(NCCO)ncn1. The normalized spacial score (nSPS) is 16.3. The number of nitrogens with zero attached hydrogens (tertiary/aromatic N) is 3. The standard InChI is InChI=1S/C13H22N4O2/c1-17(9-11-2-6-19-7-3-11)13-8-12(14-4-5-18)15-10-16-13/h8,10-11,18H,2-7,9H2,1H3,(H,14,15,16). The molecular formula is C13H22N4O2. The molecule has 1 aromatic heterocycles. The van der Waals surface area contributed by atoms with E-state index in [0.29, 0.717) is 12.5 Å². The minimum Gasteiger partial charge on any atom is -0.395 e. The quantitative estimate of drug-likeness (QED) is 0.791. The monoisotopic (exact) mass is 266 g/mol. The highest BCUT2D eigenvalue weighted by Crippen LogP contribution is 2.19. The van der Waals surface area contributed by atoms with E-state index in [2.05, 4.69) is 20.2 Å². The molecule has 1 aliphatic rings. The molecule has 0 unspecified atom stereocenters. The van der Waals surface area contributed by atoms with Gasteiger partial charge in [0.2, 0.25) is 0 Å². The highest BCUT2D eigenvalue weighted by atomic mass is 16.5. The van der Waals surface area contributed by atoms with Crippen molar-refractivity contribution in [2.24, 2.45) is 5.92 Å². The first-order chi connectivity index (χ1) is 9.29. The summed E-state index contributed by atoms with van der Waals surface area (Å²) in [4.78, 5) is 10.6. The molecule has 6 nitrogen and oxygen atoms in total. The predicted octanol–water partition coefficient (Wildman–Crippen LogP) is 0.744. The fourth-order valence-electron chi connectivity index (χ4n) is 2.25. The molecule has 106 valence electrons. The smallest absolute Gasteiger partial charge is 0.133 e. The number of nitrogens with one attached hydrogen (secondary N) is 1. The van der Waals surface area contributed by atoms with Crippen LogP contribution in [-0.4, -0.2) is 55.0 Å². The number of aliphatic hydroxyl groups is 1. The third-order valence-corrected chi connectivity index (χ3v) is 3.33. The average molecular weight is 266 g/mol. The van der Waals surface area contributed by atoms with E-state index >= 15 is 0 Å². The van der Waals surface area contributed by atoms with Crippen molar-refractivity contribution in [3.8, 4) is 0 Å². The molecule has 0 spiro atoms. The van der Waals surface area contributed by atoms with Crippen LogP contribution in [0.4, 0.5) is 11.6 Å². The Morgan fingerprint density at radius 2 is 2.21 bits per heavy atom. The Balaban J connectivity index is 1.91. The van der Waals surface area contributed by atoms with Gasteiger partial charge < -0.3 is 20.1 Å². The second-order valence-electron chi connectivity index (χ2n) is 4.85. The van der Waals surface area contributed by atoms with Crippen molar-refractivity contribution >= 4 is 11.6 Å². The average Bonchev–Trinajstić information content (AvgIpc) is 2.46. The summed E-state index contributed by atoms with van der Waals surface area (Å²) >= 11 is 0. The van der Waals surface area contributed by atoms with Gasteiger partial charge in [-0.05, 0) is 18.8 Å². The Labute approximate surface area is 113 Å². The van der Waals surface area contributed by atoms with Crippen molar-refractivity contribution in [1.29, 1.82) is 0 Å². The van der Waals surface area contributed by atoms with Crippen LogP contribution in [0.15, 0.2) is 12.4 Å². The minimum absolute atomic E-state index is 0.0945. The lowest BCUT2D eigenvalue weighted by molar-refractivity contribution is 0.0685. The Bertz CT molecular complexity index is 383. The molecule has 2 heterocycles. The van der Waals surface area contributed by atoms with Crippen molar-refractivity contribution in [3.05, 3.63) is 12.4 Å². The molecule has 0 aliphatic carbocycles. The topological polar surface area (TPSA) is 70.5 Å². The highest BCUT2D eigenvalue weighted by Gasteiger charge is 2.16. The Morgan fingerprint density at radius 3 is 2.95 bits per heavy atom. The van der Waals surface area contributed by atoms with Crippen molar-refractivity contribution < 1.29 is 9.84 Å². The maximum Gasteiger partial charge on any atom is 0.133 e. The van der Waals surface area contributed by atoms with E-state index < -0.39 is 0 Å². The lowest BCUT2D eigenvalue weighted by Crippen LogP contribution is -2.30. The molecule has 0 bridgehead atoms. The Hall–Kier alpha value is -1.40. The van der Waals surface area contributed by atoms with Gasteiger partial charge in [0.05, 0.1) is 6.61 Å². The summed E-state index contributed by atoms with van der Waals surface area (Å²) in [5.74, 6) is 2.32. The van der Waals surface area contributed by atoms with Crippen LogP contribution < -0.4 is 10.2 Å². The van der Waals surface area contributed by atoms with Crippen LogP contribution in [0, 0.1) is 5.92 Å². The predicted molar refractivity (Wildman–Crippen MR) is 74.4 cm³/mol. The van der Waals surface area contributed by atoms with Gasteiger partial charge in [0.25, 0.3) is 0 Å². The van der Waals surface area contributed by atoms with Gasteiger partial charge in [-0.1, -0.05) is 0 Å². The van der Waals surface area contributed by atoms with Crippen molar-refractivity contribution in [3.63, 3.8) is 0 Å².